The van der Waals surface area contributed by atoms with Crippen molar-refractivity contribution in [3.63, 3.8) is 0 Å². The number of hydrogen-bond donors (Lipinski definition) is 1. The monoisotopic (exact) mass is 511 g/mol. The summed E-state index contributed by atoms with van der Waals surface area (Å²) in [5.41, 5.74) is 5.50. The van der Waals surface area contributed by atoms with E-state index >= 15 is 0 Å². The molecule has 3 aromatic heterocycles. The molecule has 0 aliphatic heterocycles. The number of thiophene rings is 1. The number of nitrogens with one attached hydrogen (secondary N) is 1. The third-order valence-corrected chi connectivity index (χ3v) is 8.45. The third-order valence-electron chi connectivity index (χ3n) is 5.50. The second-order valence-electron chi connectivity index (χ2n) is 8.52. The Bertz CT molecular complexity index is 1290. The maximum Gasteiger partial charge on any atom is 0.236 e. The highest BCUT2D eigenvalue weighted by Gasteiger charge is 2.17. The largest absolute Gasteiger partial charge is 0.302 e. The van der Waals surface area contributed by atoms with Crippen LogP contribution in [0.2, 0.25) is 0 Å². The van der Waals surface area contributed by atoms with Gasteiger partial charge in [-0.15, -0.1) is 32.9 Å². The zero-order valence-corrected chi connectivity index (χ0v) is 22.5. The first kappa shape index (κ1) is 24.6. The number of thiazole rings is 1. The molecule has 0 spiro atoms. The number of carbonyl (C=O) groups excluding carboxylic acids is 1. The highest BCUT2D eigenvalue weighted by molar-refractivity contribution is 7.99. The van der Waals surface area contributed by atoms with Gasteiger partial charge in [-0.05, 0) is 49.4 Å². The van der Waals surface area contributed by atoms with E-state index in [9.17, 15) is 4.79 Å². The topological polar surface area (TPSA) is 72.7 Å². The second-order valence-corrected chi connectivity index (χ2v) is 11.3. The van der Waals surface area contributed by atoms with Crippen LogP contribution in [0.1, 0.15) is 49.1 Å². The van der Waals surface area contributed by atoms with Gasteiger partial charge in [0.2, 0.25) is 5.91 Å². The van der Waals surface area contributed by atoms with E-state index in [1.54, 1.807) is 11.3 Å². The lowest BCUT2D eigenvalue weighted by atomic mass is 10.1. The van der Waals surface area contributed by atoms with Crippen LogP contribution in [0, 0.1) is 13.8 Å². The van der Waals surface area contributed by atoms with Crippen LogP contribution in [-0.2, 0) is 11.3 Å². The van der Waals surface area contributed by atoms with Crippen molar-refractivity contribution in [2.24, 2.45) is 0 Å². The standard InChI is InChI=1S/C25H29N5OS3/c1-6-9-30-23(19-11-21(15(2)3)32-12-19)28-29-25(30)34-14-22(31)27-24-26-20(13-33-24)18-8-7-16(4)17(5)10-18/h7-8,10-13,15H,6,9,14H2,1-5H3,(H,26,27,31). The van der Waals surface area contributed by atoms with Crippen molar-refractivity contribution in [1.82, 2.24) is 19.7 Å². The summed E-state index contributed by atoms with van der Waals surface area (Å²) in [7, 11) is 0. The summed E-state index contributed by atoms with van der Waals surface area (Å²) in [4.78, 5) is 18.6. The predicted octanol–water partition coefficient (Wildman–Crippen LogP) is 7.01. The van der Waals surface area contributed by atoms with Crippen LogP contribution in [0.4, 0.5) is 5.13 Å². The lowest BCUT2D eigenvalue weighted by molar-refractivity contribution is -0.113. The number of anilines is 1. The van der Waals surface area contributed by atoms with E-state index in [1.165, 1.54) is 39.1 Å². The number of aryl methyl sites for hydroxylation is 2. The summed E-state index contributed by atoms with van der Waals surface area (Å²) in [6.45, 7) is 11.5. The Hall–Kier alpha value is -2.49. The van der Waals surface area contributed by atoms with Gasteiger partial charge in [-0.1, -0.05) is 44.7 Å². The van der Waals surface area contributed by atoms with Gasteiger partial charge in [-0.2, -0.15) is 0 Å². The summed E-state index contributed by atoms with van der Waals surface area (Å²) < 4.78 is 2.12. The van der Waals surface area contributed by atoms with E-state index in [-0.39, 0.29) is 11.7 Å². The molecule has 9 heteroatoms. The molecule has 4 rings (SSSR count). The maximum atomic E-state index is 12.6. The zero-order chi connectivity index (χ0) is 24.2. The molecular formula is C25H29N5OS3. The minimum absolute atomic E-state index is 0.101. The quantitative estimate of drug-likeness (QED) is 0.245. The minimum atomic E-state index is -0.101. The number of carbonyl (C=O) groups is 1. The summed E-state index contributed by atoms with van der Waals surface area (Å²) in [6.07, 6.45) is 0.965. The average molecular weight is 512 g/mol. The van der Waals surface area contributed by atoms with Crippen molar-refractivity contribution in [2.75, 3.05) is 11.1 Å². The Morgan fingerprint density at radius 3 is 2.62 bits per heavy atom. The van der Waals surface area contributed by atoms with Crippen molar-refractivity contribution in [1.29, 1.82) is 0 Å². The number of hydrogen-bond acceptors (Lipinski definition) is 7. The first-order chi connectivity index (χ1) is 16.4. The van der Waals surface area contributed by atoms with E-state index in [1.807, 2.05) is 5.38 Å². The first-order valence-electron chi connectivity index (χ1n) is 11.3. The highest BCUT2D eigenvalue weighted by atomic mass is 32.2. The second kappa shape index (κ2) is 10.8. The maximum absolute atomic E-state index is 12.6. The molecule has 178 valence electrons. The van der Waals surface area contributed by atoms with Gasteiger partial charge in [0.15, 0.2) is 16.1 Å². The van der Waals surface area contributed by atoms with Crippen molar-refractivity contribution in [2.45, 2.75) is 58.7 Å². The first-order valence-corrected chi connectivity index (χ1v) is 14.1. The molecule has 3 heterocycles. The van der Waals surface area contributed by atoms with Crippen LogP contribution in [0.3, 0.4) is 0 Å². The number of thioether (sulfide) groups is 1. The zero-order valence-electron chi connectivity index (χ0n) is 20.1. The molecule has 4 aromatic rings. The fourth-order valence-corrected chi connectivity index (χ4v) is 5.86. The number of nitrogens with zero attached hydrogens (tertiary/aromatic N) is 4. The molecule has 0 saturated heterocycles. The van der Waals surface area contributed by atoms with E-state index < -0.39 is 0 Å². The van der Waals surface area contributed by atoms with Crippen LogP contribution in [0.25, 0.3) is 22.6 Å². The third kappa shape index (κ3) is 5.59. The lowest BCUT2D eigenvalue weighted by Crippen LogP contribution is -2.14. The molecule has 0 aliphatic rings. The van der Waals surface area contributed by atoms with E-state index in [0.717, 1.165) is 40.8 Å². The Labute approximate surface area is 212 Å². The number of aromatic nitrogens is 4. The van der Waals surface area contributed by atoms with Crippen LogP contribution in [0.5, 0.6) is 0 Å². The molecule has 6 nitrogen and oxygen atoms in total. The molecule has 1 aromatic carbocycles. The van der Waals surface area contributed by atoms with Gasteiger partial charge >= 0.3 is 0 Å². The van der Waals surface area contributed by atoms with Gasteiger partial charge in [0.25, 0.3) is 0 Å². The Morgan fingerprint density at radius 2 is 1.91 bits per heavy atom. The Morgan fingerprint density at radius 1 is 1.09 bits per heavy atom. The van der Waals surface area contributed by atoms with Gasteiger partial charge in [0.05, 0.1) is 11.4 Å². The van der Waals surface area contributed by atoms with Crippen molar-refractivity contribution >= 4 is 45.5 Å². The molecule has 0 fully saturated rings. The van der Waals surface area contributed by atoms with Crippen molar-refractivity contribution < 1.29 is 4.79 Å². The molecule has 0 radical (unpaired) electrons. The summed E-state index contributed by atoms with van der Waals surface area (Å²) >= 11 is 4.60. The molecule has 0 saturated carbocycles. The van der Waals surface area contributed by atoms with E-state index in [0.29, 0.717) is 11.0 Å². The fraction of sp³-hybridized carbons (Fsp3) is 0.360. The normalized spacial score (nSPS) is 11.4. The summed E-state index contributed by atoms with van der Waals surface area (Å²) in [6, 6.07) is 8.48. The predicted molar refractivity (Wildman–Crippen MR) is 144 cm³/mol. The highest BCUT2D eigenvalue weighted by Crippen LogP contribution is 2.31. The van der Waals surface area contributed by atoms with Gasteiger partial charge < -0.3 is 9.88 Å². The molecule has 0 unspecified atom stereocenters. The molecule has 0 atom stereocenters. The van der Waals surface area contributed by atoms with Gasteiger partial charge in [0, 0.05) is 33.3 Å². The van der Waals surface area contributed by atoms with Gasteiger partial charge in [-0.25, -0.2) is 4.98 Å². The van der Waals surface area contributed by atoms with Crippen molar-refractivity contribution in [3.05, 3.63) is 51.0 Å². The van der Waals surface area contributed by atoms with E-state index in [2.05, 4.69) is 89.3 Å². The van der Waals surface area contributed by atoms with Crippen LogP contribution in [-0.4, -0.2) is 31.4 Å². The fourth-order valence-electron chi connectivity index (χ4n) is 3.46. The molecule has 0 bridgehead atoms. The van der Waals surface area contributed by atoms with Crippen LogP contribution in [0.15, 0.2) is 40.2 Å². The lowest BCUT2D eigenvalue weighted by Gasteiger charge is -2.08. The Balaban J connectivity index is 1.41. The van der Waals surface area contributed by atoms with Crippen molar-refractivity contribution in [3.8, 4) is 22.6 Å². The summed E-state index contributed by atoms with van der Waals surface area (Å²) in [5.74, 6) is 1.50. The Kier molecular flexibility index (Phi) is 7.85. The van der Waals surface area contributed by atoms with Crippen LogP contribution < -0.4 is 5.32 Å². The summed E-state index contributed by atoms with van der Waals surface area (Å²) in [5, 5.41) is 17.2. The average Bonchev–Trinajstić information content (AvgIpc) is 3.54. The number of benzene rings is 1. The molecular weight excluding hydrogens is 483 g/mol. The van der Waals surface area contributed by atoms with E-state index in [4.69, 9.17) is 0 Å². The molecule has 1 N–H and O–H groups in total. The number of rotatable bonds is 9. The number of amides is 1. The van der Waals surface area contributed by atoms with Crippen LogP contribution >= 0.6 is 34.4 Å². The SMILES string of the molecule is CCCn1c(SCC(=O)Nc2nc(-c3ccc(C)c(C)c3)cs2)nnc1-c1csc(C(C)C)c1. The minimum Gasteiger partial charge on any atom is -0.302 e. The molecule has 0 aliphatic carbocycles. The molecule has 1 amide bonds. The van der Waals surface area contributed by atoms with Gasteiger partial charge in [0.1, 0.15) is 0 Å². The van der Waals surface area contributed by atoms with Gasteiger partial charge in [-0.3, -0.25) is 4.79 Å². The smallest absolute Gasteiger partial charge is 0.236 e. The molecule has 34 heavy (non-hydrogen) atoms.